The van der Waals surface area contributed by atoms with E-state index >= 15 is 0 Å². The first-order valence-corrected chi connectivity index (χ1v) is 7.76. The van der Waals surface area contributed by atoms with E-state index < -0.39 is 0 Å². The van der Waals surface area contributed by atoms with E-state index in [4.69, 9.17) is 0 Å². The van der Waals surface area contributed by atoms with Crippen molar-refractivity contribution in [3.05, 3.63) is 18.5 Å². The summed E-state index contributed by atoms with van der Waals surface area (Å²) in [5.74, 6) is 0. The van der Waals surface area contributed by atoms with Crippen LogP contribution >= 0.6 is 0 Å². The van der Waals surface area contributed by atoms with Crippen LogP contribution in [0.5, 0.6) is 0 Å². The van der Waals surface area contributed by atoms with Crippen LogP contribution in [0.3, 0.4) is 0 Å². The second-order valence-corrected chi connectivity index (χ2v) is 5.60. The highest BCUT2D eigenvalue weighted by Gasteiger charge is 2.02. The summed E-state index contributed by atoms with van der Waals surface area (Å²) in [6.07, 6.45) is 7.30. The van der Waals surface area contributed by atoms with Gasteiger partial charge in [-0.25, -0.2) is 0 Å². The van der Waals surface area contributed by atoms with Crippen molar-refractivity contribution >= 4 is 11.4 Å². The van der Waals surface area contributed by atoms with E-state index in [-0.39, 0.29) is 0 Å². The van der Waals surface area contributed by atoms with E-state index in [2.05, 4.69) is 54.4 Å². The predicted octanol–water partition coefficient (Wildman–Crippen LogP) is 3.44. The van der Waals surface area contributed by atoms with Crippen LogP contribution in [-0.2, 0) is 0 Å². The van der Waals surface area contributed by atoms with Gasteiger partial charge in [-0.05, 0) is 52.8 Å². The molecule has 114 valence electrons. The molecule has 2 N–H and O–H groups in total. The van der Waals surface area contributed by atoms with Gasteiger partial charge in [0, 0.05) is 19.1 Å². The highest BCUT2D eigenvalue weighted by Crippen LogP contribution is 2.13. The third-order valence-corrected chi connectivity index (χ3v) is 3.47. The van der Waals surface area contributed by atoms with E-state index in [1.54, 1.807) is 0 Å². The van der Waals surface area contributed by atoms with E-state index in [1.807, 2.05) is 12.4 Å². The predicted molar refractivity (Wildman–Crippen MR) is 88.5 cm³/mol. The van der Waals surface area contributed by atoms with E-state index in [0.29, 0.717) is 6.04 Å². The summed E-state index contributed by atoms with van der Waals surface area (Å²) in [4.78, 5) is 6.64. The van der Waals surface area contributed by atoms with Gasteiger partial charge >= 0.3 is 0 Å². The molecule has 0 amide bonds. The van der Waals surface area contributed by atoms with Crippen LogP contribution in [-0.4, -0.2) is 42.6 Å². The number of hydrogen-bond donors (Lipinski definition) is 2. The standard InChI is InChI=1S/C16H30N4/c1-5-8-18-15-11-16(13-17-12-15)19-9-6-7-10-20(4)14(2)3/h11-14,18-19H,5-10H2,1-4H3. The van der Waals surface area contributed by atoms with Gasteiger partial charge < -0.3 is 15.5 Å². The molecular formula is C16H30N4. The zero-order valence-electron chi connectivity index (χ0n) is 13.4. The summed E-state index contributed by atoms with van der Waals surface area (Å²) < 4.78 is 0. The first-order chi connectivity index (χ1) is 9.63. The Morgan fingerprint density at radius 2 is 1.75 bits per heavy atom. The molecule has 1 aromatic rings. The molecule has 0 spiro atoms. The van der Waals surface area contributed by atoms with Gasteiger partial charge in [0.05, 0.1) is 23.8 Å². The maximum atomic E-state index is 4.25. The van der Waals surface area contributed by atoms with Crippen LogP contribution in [0.4, 0.5) is 11.4 Å². The summed E-state index contributed by atoms with van der Waals surface area (Å²) in [7, 11) is 2.19. The number of aromatic nitrogens is 1. The van der Waals surface area contributed by atoms with Crippen molar-refractivity contribution in [3.8, 4) is 0 Å². The number of pyridine rings is 1. The van der Waals surface area contributed by atoms with E-state index in [0.717, 1.165) is 37.4 Å². The van der Waals surface area contributed by atoms with Crippen molar-refractivity contribution < 1.29 is 0 Å². The molecule has 1 aromatic heterocycles. The SMILES string of the molecule is CCCNc1cncc(NCCCCN(C)C(C)C)c1. The molecule has 0 aromatic carbocycles. The average Bonchev–Trinajstić information content (AvgIpc) is 2.45. The van der Waals surface area contributed by atoms with Gasteiger partial charge in [-0.2, -0.15) is 0 Å². The molecule has 0 saturated heterocycles. The lowest BCUT2D eigenvalue weighted by Gasteiger charge is -2.20. The lowest BCUT2D eigenvalue weighted by atomic mass is 10.2. The summed E-state index contributed by atoms with van der Waals surface area (Å²) in [6.45, 7) is 9.79. The highest BCUT2D eigenvalue weighted by molar-refractivity contribution is 5.53. The minimum absolute atomic E-state index is 0.633. The first-order valence-electron chi connectivity index (χ1n) is 7.76. The summed E-state index contributed by atoms with van der Waals surface area (Å²) in [5.41, 5.74) is 2.19. The molecule has 0 atom stereocenters. The number of nitrogens with zero attached hydrogens (tertiary/aromatic N) is 2. The van der Waals surface area contributed by atoms with Crippen LogP contribution in [0.1, 0.15) is 40.0 Å². The molecule has 20 heavy (non-hydrogen) atoms. The zero-order chi connectivity index (χ0) is 14.8. The third kappa shape index (κ3) is 6.75. The monoisotopic (exact) mass is 278 g/mol. The molecule has 0 saturated carbocycles. The van der Waals surface area contributed by atoms with Gasteiger partial charge in [-0.3, -0.25) is 4.98 Å². The minimum Gasteiger partial charge on any atom is -0.384 e. The number of hydrogen-bond acceptors (Lipinski definition) is 4. The van der Waals surface area contributed by atoms with Crippen molar-refractivity contribution in [1.29, 1.82) is 0 Å². The van der Waals surface area contributed by atoms with Crippen molar-refractivity contribution in [2.45, 2.75) is 46.1 Å². The van der Waals surface area contributed by atoms with Crippen LogP contribution in [0, 0.1) is 0 Å². The number of unbranched alkanes of at least 4 members (excludes halogenated alkanes) is 1. The lowest BCUT2D eigenvalue weighted by molar-refractivity contribution is 0.269. The minimum atomic E-state index is 0.633. The van der Waals surface area contributed by atoms with E-state index in [1.165, 1.54) is 12.8 Å². The number of anilines is 2. The fourth-order valence-electron chi connectivity index (χ4n) is 1.88. The first kappa shape index (κ1) is 16.8. The van der Waals surface area contributed by atoms with Crippen LogP contribution < -0.4 is 10.6 Å². The second-order valence-electron chi connectivity index (χ2n) is 5.60. The van der Waals surface area contributed by atoms with Gasteiger partial charge in [-0.1, -0.05) is 6.92 Å². The van der Waals surface area contributed by atoms with Gasteiger partial charge in [0.25, 0.3) is 0 Å². The van der Waals surface area contributed by atoms with Crippen LogP contribution in [0.25, 0.3) is 0 Å². The number of rotatable bonds is 10. The van der Waals surface area contributed by atoms with Gasteiger partial charge in [-0.15, -0.1) is 0 Å². The summed E-state index contributed by atoms with van der Waals surface area (Å²) in [6, 6.07) is 2.76. The Bertz CT molecular complexity index is 365. The average molecular weight is 278 g/mol. The van der Waals surface area contributed by atoms with E-state index in [9.17, 15) is 0 Å². The van der Waals surface area contributed by atoms with Gasteiger partial charge in [0.1, 0.15) is 0 Å². The molecule has 1 rings (SSSR count). The lowest BCUT2D eigenvalue weighted by Crippen LogP contribution is -2.27. The van der Waals surface area contributed by atoms with Gasteiger partial charge in [0.15, 0.2) is 0 Å². The fraction of sp³-hybridized carbons (Fsp3) is 0.688. The Hall–Kier alpha value is -1.29. The Kier molecular flexibility index (Phi) is 8.04. The molecule has 0 bridgehead atoms. The van der Waals surface area contributed by atoms with Gasteiger partial charge in [0.2, 0.25) is 0 Å². The quantitative estimate of drug-likeness (QED) is 0.643. The molecule has 0 unspecified atom stereocenters. The molecule has 4 heteroatoms. The Balaban J connectivity index is 2.21. The maximum absolute atomic E-state index is 4.25. The van der Waals surface area contributed by atoms with Crippen molar-refractivity contribution in [3.63, 3.8) is 0 Å². The van der Waals surface area contributed by atoms with Crippen LogP contribution in [0.15, 0.2) is 18.5 Å². The Morgan fingerprint density at radius 1 is 1.10 bits per heavy atom. The fourth-order valence-corrected chi connectivity index (χ4v) is 1.88. The molecule has 0 aliphatic rings. The molecular weight excluding hydrogens is 248 g/mol. The molecule has 0 aliphatic heterocycles. The topological polar surface area (TPSA) is 40.2 Å². The summed E-state index contributed by atoms with van der Waals surface area (Å²) in [5, 5.41) is 6.80. The molecule has 0 aliphatic carbocycles. The largest absolute Gasteiger partial charge is 0.384 e. The maximum Gasteiger partial charge on any atom is 0.0547 e. The Morgan fingerprint density at radius 3 is 2.35 bits per heavy atom. The molecule has 0 fully saturated rings. The molecule has 1 heterocycles. The van der Waals surface area contributed by atoms with Crippen LogP contribution in [0.2, 0.25) is 0 Å². The molecule has 0 radical (unpaired) electrons. The van der Waals surface area contributed by atoms with Crippen molar-refractivity contribution in [1.82, 2.24) is 9.88 Å². The Labute approximate surface area is 124 Å². The third-order valence-electron chi connectivity index (χ3n) is 3.47. The zero-order valence-corrected chi connectivity index (χ0v) is 13.4. The molecule has 4 nitrogen and oxygen atoms in total. The highest BCUT2D eigenvalue weighted by atomic mass is 15.1. The smallest absolute Gasteiger partial charge is 0.0547 e. The second kappa shape index (κ2) is 9.59. The summed E-state index contributed by atoms with van der Waals surface area (Å²) >= 11 is 0. The normalized spacial score (nSPS) is 11.1. The number of nitrogens with one attached hydrogen (secondary N) is 2. The van der Waals surface area contributed by atoms with Crippen molar-refractivity contribution in [2.24, 2.45) is 0 Å². The van der Waals surface area contributed by atoms with Crippen molar-refractivity contribution in [2.75, 3.05) is 37.3 Å².